The second-order valence-corrected chi connectivity index (χ2v) is 17.1. The number of anilines is 2. The summed E-state index contributed by atoms with van der Waals surface area (Å²) in [5.41, 5.74) is 4.51. The molecule has 7 rings (SSSR count). The minimum atomic E-state index is -3.61. The first-order valence-corrected chi connectivity index (χ1v) is 18.6. The lowest BCUT2D eigenvalue weighted by Crippen LogP contribution is -2.46. The quantitative estimate of drug-likeness (QED) is 0.171. The van der Waals surface area contributed by atoms with Gasteiger partial charge < -0.3 is 9.73 Å². The van der Waals surface area contributed by atoms with Crippen molar-refractivity contribution >= 4 is 38.9 Å². The van der Waals surface area contributed by atoms with E-state index in [1.807, 2.05) is 55.5 Å². The van der Waals surface area contributed by atoms with Crippen molar-refractivity contribution in [1.82, 2.24) is 19.1 Å². The van der Waals surface area contributed by atoms with Gasteiger partial charge in [0.25, 0.3) is 10.0 Å². The van der Waals surface area contributed by atoms with Gasteiger partial charge in [0.1, 0.15) is 10.0 Å². The van der Waals surface area contributed by atoms with E-state index in [1.165, 1.54) is 17.7 Å². The minimum absolute atomic E-state index is 0.0157. The molecule has 2 bridgehead atoms. The molecule has 2 saturated heterocycles. The molecule has 2 amide bonds. The van der Waals surface area contributed by atoms with Crippen LogP contribution in [0.25, 0.3) is 16.3 Å². The van der Waals surface area contributed by atoms with Crippen molar-refractivity contribution in [2.45, 2.75) is 81.5 Å². The summed E-state index contributed by atoms with van der Waals surface area (Å²) in [5, 5.41) is 10.8. The zero-order valence-electron chi connectivity index (χ0n) is 27.5. The molecule has 250 valence electrons. The predicted molar refractivity (Wildman–Crippen MR) is 188 cm³/mol. The van der Waals surface area contributed by atoms with Crippen molar-refractivity contribution < 1.29 is 17.6 Å². The first-order valence-electron chi connectivity index (χ1n) is 16.3. The Kier molecular flexibility index (Phi) is 8.51. The highest BCUT2D eigenvalue weighted by Crippen LogP contribution is 2.44. The van der Waals surface area contributed by atoms with Gasteiger partial charge in [-0.3, -0.25) is 5.32 Å². The lowest BCUT2D eigenvalue weighted by Gasteiger charge is -2.37. The third kappa shape index (κ3) is 6.56. The van der Waals surface area contributed by atoms with Crippen molar-refractivity contribution in [1.29, 1.82) is 0 Å². The lowest BCUT2D eigenvalue weighted by atomic mass is 9.87. The third-order valence-corrected chi connectivity index (χ3v) is 12.8. The number of oxazole rings is 1. The van der Waals surface area contributed by atoms with Crippen molar-refractivity contribution in [3.05, 3.63) is 96.1 Å². The van der Waals surface area contributed by atoms with Crippen LogP contribution in [0.4, 0.5) is 16.3 Å². The summed E-state index contributed by atoms with van der Waals surface area (Å²) in [6.07, 6.45) is 7.14. The molecule has 2 aliphatic rings. The van der Waals surface area contributed by atoms with Gasteiger partial charge in [-0.15, -0.1) is 11.3 Å². The van der Waals surface area contributed by atoms with Crippen LogP contribution in [0, 0.1) is 12.8 Å². The van der Waals surface area contributed by atoms with Gasteiger partial charge in [-0.25, -0.2) is 22.9 Å². The Bertz CT molecular complexity index is 2010. The Morgan fingerprint density at radius 1 is 1.00 bits per heavy atom. The van der Waals surface area contributed by atoms with Crippen LogP contribution < -0.4 is 10.6 Å². The number of aromatic nitrogens is 3. The van der Waals surface area contributed by atoms with Gasteiger partial charge in [0, 0.05) is 29.3 Å². The molecule has 5 aromatic rings. The summed E-state index contributed by atoms with van der Waals surface area (Å²) >= 11 is 1.23. The summed E-state index contributed by atoms with van der Waals surface area (Å²) in [5.74, 6) is 1.51. The van der Waals surface area contributed by atoms with E-state index in [0.29, 0.717) is 27.4 Å². The van der Waals surface area contributed by atoms with Gasteiger partial charge in [-0.05, 0) is 86.9 Å². The number of nitrogens with zero attached hydrogens (tertiary/aromatic N) is 4. The molecule has 48 heavy (non-hydrogen) atoms. The SMILES string of the molecule is Cc1ccc(-n2nc(C(C)(C)C)cc2NC(=O)Nc2cccc(CC3CC4CCC(C3)N4S(=O)(=O)c3ccc(-c4cnco4)s3)c2)cc1. The van der Waals surface area contributed by atoms with E-state index in [4.69, 9.17) is 9.52 Å². The highest BCUT2D eigenvalue weighted by atomic mass is 32.2. The molecule has 2 aromatic carbocycles. The Hall–Kier alpha value is -4.26. The highest BCUT2D eigenvalue weighted by molar-refractivity contribution is 7.91. The summed E-state index contributed by atoms with van der Waals surface area (Å²) in [6.45, 7) is 8.32. The molecule has 0 aliphatic carbocycles. The smallest absolute Gasteiger partial charge is 0.324 e. The van der Waals surface area contributed by atoms with Gasteiger partial charge in [-0.1, -0.05) is 50.6 Å². The summed E-state index contributed by atoms with van der Waals surface area (Å²) in [6, 6.07) is 21.0. The van der Waals surface area contributed by atoms with Crippen LogP contribution in [0.3, 0.4) is 0 Å². The maximum Gasteiger partial charge on any atom is 0.324 e. The normalized spacial score (nSPS) is 19.8. The zero-order chi connectivity index (χ0) is 33.6. The van der Waals surface area contributed by atoms with Crippen LogP contribution in [0.2, 0.25) is 0 Å². The van der Waals surface area contributed by atoms with Gasteiger partial charge in [-0.2, -0.15) is 9.40 Å². The number of aryl methyl sites for hydroxylation is 1. The maximum atomic E-state index is 13.8. The van der Waals surface area contributed by atoms with Crippen LogP contribution in [-0.4, -0.2) is 45.6 Å². The fourth-order valence-electron chi connectivity index (χ4n) is 6.95. The first kappa shape index (κ1) is 32.3. The molecule has 10 nitrogen and oxygen atoms in total. The van der Waals surface area contributed by atoms with Crippen LogP contribution in [0.15, 0.2) is 87.9 Å². The van der Waals surface area contributed by atoms with Crippen molar-refractivity contribution in [3.63, 3.8) is 0 Å². The number of hydrogen-bond acceptors (Lipinski definition) is 7. The Morgan fingerprint density at radius 3 is 2.44 bits per heavy atom. The minimum Gasteiger partial charge on any atom is -0.443 e. The first-order chi connectivity index (χ1) is 22.9. The number of benzene rings is 2. The van der Waals surface area contributed by atoms with E-state index in [-0.39, 0.29) is 23.5 Å². The average molecular weight is 685 g/mol. The van der Waals surface area contributed by atoms with E-state index in [1.54, 1.807) is 27.3 Å². The molecule has 0 spiro atoms. The number of sulfonamides is 1. The largest absolute Gasteiger partial charge is 0.443 e. The Balaban J connectivity index is 1.01. The molecule has 3 aromatic heterocycles. The molecule has 2 fully saturated rings. The highest BCUT2D eigenvalue weighted by Gasteiger charge is 2.47. The molecule has 2 unspecified atom stereocenters. The maximum absolute atomic E-state index is 13.8. The fraction of sp³-hybridized carbons (Fsp3) is 0.361. The van der Waals surface area contributed by atoms with E-state index >= 15 is 0 Å². The second kappa shape index (κ2) is 12.6. The van der Waals surface area contributed by atoms with E-state index in [0.717, 1.165) is 59.5 Å². The van der Waals surface area contributed by atoms with Crippen LogP contribution in [-0.2, 0) is 21.9 Å². The van der Waals surface area contributed by atoms with Gasteiger partial charge >= 0.3 is 6.03 Å². The van der Waals surface area contributed by atoms with Crippen molar-refractivity contribution in [3.8, 4) is 16.3 Å². The van der Waals surface area contributed by atoms with Gasteiger partial charge in [0.2, 0.25) is 0 Å². The molecule has 2 N–H and O–H groups in total. The van der Waals surface area contributed by atoms with Crippen LogP contribution in [0.5, 0.6) is 0 Å². The number of nitrogens with one attached hydrogen (secondary N) is 2. The molecule has 0 saturated carbocycles. The number of amides is 2. The standard InChI is InChI=1S/C36H40N6O4S2/c1-23-8-10-27(11-9-23)41-33(20-32(40-41)36(2,3)4)39-35(43)38-26-7-5-6-24(17-26)16-25-18-28-12-13-29(19-25)42(28)48(44,45)34-15-14-31(47-34)30-21-37-22-46-30/h5-11,14-15,17,20-22,25,28-29H,12-13,16,18-19H2,1-4H3,(H2,38,39,43). The predicted octanol–water partition coefficient (Wildman–Crippen LogP) is 8.01. The summed E-state index contributed by atoms with van der Waals surface area (Å²) in [7, 11) is -3.61. The lowest BCUT2D eigenvalue weighted by molar-refractivity contribution is 0.190. The Labute approximate surface area is 285 Å². The number of fused-ring (bicyclic) bond motifs is 2. The molecule has 0 radical (unpaired) electrons. The van der Waals surface area contributed by atoms with E-state index in [9.17, 15) is 13.2 Å². The zero-order valence-corrected chi connectivity index (χ0v) is 29.1. The molecular weight excluding hydrogens is 645 g/mol. The van der Waals surface area contributed by atoms with Gasteiger partial charge in [0.15, 0.2) is 12.2 Å². The molecular formula is C36H40N6O4S2. The number of carbonyl (C=O) groups is 1. The van der Waals surface area contributed by atoms with Crippen LogP contribution >= 0.6 is 11.3 Å². The number of urea groups is 1. The average Bonchev–Trinajstić information content (AvgIpc) is 3.84. The van der Waals surface area contributed by atoms with Crippen LogP contribution in [0.1, 0.15) is 63.3 Å². The monoisotopic (exact) mass is 684 g/mol. The number of carbonyl (C=O) groups excluding carboxylic acids is 1. The van der Waals surface area contributed by atoms with Gasteiger partial charge in [0.05, 0.1) is 22.5 Å². The summed E-state index contributed by atoms with van der Waals surface area (Å²) < 4.78 is 36.8. The molecule has 5 heterocycles. The van der Waals surface area contributed by atoms with Crippen molar-refractivity contribution in [2.75, 3.05) is 10.6 Å². The van der Waals surface area contributed by atoms with Crippen molar-refractivity contribution in [2.24, 2.45) is 5.92 Å². The second-order valence-electron chi connectivity index (χ2n) is 13.9. The number of hydrogen-bond donors (Lipinski definition) is 2. The van der Waals surface area contributed by atoms with E-state index in [2.05, 4.69) is 42.5 Å². The number of piperidine rings is 1. The Morgan fingerprint density at radius 2 is 1.75 bits per heavy atom. The number of thiophene rings is 1. The molecule has 2 atom stereocenters. The number of rotatable bonds is 8. The molecule has 2 aliphatic heterocycles. The fourth-order valence-corrected chi connectivity index (χ4v) is 10.2. The topological polar surface area (TPSA) is 122 Å². The third-order valence-electron chi connectivity index (χ3n) is 9.26. The van der Waals surface area contributed by atoms with E-state index < -0.39 is 10.0 Å². The summed E-state index contributed by atoms with van der Waals surface area (Å²) in [4.78, 5) is 18.0. The molecule has 12 heteroatoms.